The minimum atomic E-state index is -0.397. The van der Waals surface area contributed by atoms with Crippen LogP contribution in [0.1, 0.15) is 18.4 Å². The minimum Gasteiger partial charge on any atom is -0.494 e. The molecule has 2 rings (SSSR count). The SMILES string of the molecule is Cc1cc(OCCCC(=O)Nc2ccccc2SCC(N)=O)ccc1Cl. The maximum Gasteiger partial charge on any atom is 0.227 e. The van der Waals surface area contributed by atoms with Gasteiger partial charge in [-0.25, -0.2) is 0 Å². The van der Waals surface area contributed by atoms with Gasteiger partial charge in [-0.1, -0.05) is 23.7 Å². The van der Waals surface area contributed by atoms with Crippen molar-refractivity contribution >= 4 is 40.9 Å². The van der Waals surface area contributed by atoms with Gasteiger partial charge in [0.15, 0.2) is 0 Å². The zero-order valence-electron chi connectivity index (χ0n) is 14.5. The van der Waals surface area contributed by atoms with Crippen LogP contribution in [0, 0.1) is 6.92 Å². The normalized spacial score (nSPS) is 10.4. The molecular weight excluding hydrogens is 372 g/mol. The highest BCUT2D eigenvalue weighted by atomic mass is 35.5. The fourth-order valence-electron chi connectivity index (χ4n) is 2.19. The molecule has 0 bridgehead atoms. The van der Waals surface area contributed by atoms with Crippen LogP contribution in [-0.2, 0) is 9.59 Å². The van der Waals surface area contributed by atoms with Gasteiger partial charge in [-0.2, -0.15) is 0 Å². The molecule has 138 valence electrons. The third-order valence-electron chi connectivity index (χ3n) is 3.48. The van der Waals surface area contributed by atoms with Crippen LogP contribution < -0.4 is 15.8 Å². The molecule has 0 aliphatic heterocycles. The molecule has 0 heterocycles. The zero-order chi connectivity index (χ0) is 18.9. The van der Waals surface area contributed by atoms with E-state index in [0.717, 1.165) is 16.2 Å². The van der Waals surface area contributed by atoms with Crippen LogP contribution >= 0.6 is 23.4 Å². The van der Waals surface area contributed by atoms with E-state index in [9.17, 15) is 9.59 Å². The number of primary amides is 1. The average Bonchev–Trinajstić information content (AvgIpc) is 2.61. The predicted octanol–water partition coefficient (Wildman–Crippen LogP) is 4.02. The van der Waals surface area contributed by atoms with Crippen molar-refractivity contribution < 1.29 is 14.3 Å². The second-order valence-electron chi connectivity index (χ2n) is 5.66. The predicted molar refractivity (Wildman–Crippen MR) is 106 cm³/mol. The summed E-state index contributed by atoms with van der Waals surface area (Å²) in [7, 11) is 0. The standard InChI is InChI=1S/C19H21ClN2O3S/c1-13-11-14(8-9-15(13)20)25-10-4-7-19(24)22-16-5-2-3-6-17(16)26-12-18(21)23/h2-3,5-6,8-9,11H,4,7,10,12H2,1H3,(H2,21,23)(H,22,24). The van der Waals surface area contributed by atoms with Gasteiger partial charge in [-0.3, -0.25) is 9.59 Å². The zero-order valence-corrected chi connectivity index (χ0v) is 16.0. The number of amides is 2. The van der Waals surface area contributed by atoms with E-state index in [2.05, 4.69) is 5.32 Å². The summed E-state index contributed by atoms with van der Waals surface area (Å²) in [6, 6.07) is 12.8. The number of carbonyl (C=O) groups is 2. The second-order valence-corrected chi connectivity index (χ2v) is 7.09. The number of nitrogens with one attached hydrogen (secondary N) is 1. The highest BCUT2D eigenvalue weighted by Crippen LogP contribution is 2.27. The lowest BCUT2D eigenvalue weighted by Crippen LogP contribution is -2.15. The molecule has 0 aliphatic carbocycles. The number of anilines is 1. The highest BCUT2D eigenvalue weighted by Gasteiger charge is 2.08. The molecule has 0 spiro atoms. The molecule has 0 radical (unpaired) electrons. The first-order valence-corrected chi connectivity index (χ1v) is 9.51. The number of para-hydroxylation sites is 1. The Labute approximate surface area is 162 Å². The molecule has 0 unspecified atom stereocenters. The van der Waals surface area contributed by atoms with Gasteiger partial charge in [0.05, 0.1) is 18.0 Å². The number of rotatable bonds is 9. The smallest absolute Gasteiger partial charge is 0.227 e. The van der Waals surface area contributed by atoms with E-state index in [1.165, 1.54) is 11.8 Å². The fourth-order valence-corrected chi connectivity index (χ4v) is 3.05. The van der Waals surface area contributed by atoms with Crippen molar-refractivity contribution in [2.45, 2.75) is 24.7 Å². The third-order valence-corrected chi connectivity index (χ3v) is 5.00. The number of halogens is 1. The van der Waals surface area contributed by atoms with Crippen LogP contribution in [0.5, 0.6) is 5.75 Å². The number of carbonyl (C=O) groups excluding carboxylic acids is 2. The van der Waals surface area contributed by atoms with Gasteiger partial charge in [0.2, 0.25) is 11.8 Å². The van der Waals surface area contributed by atoms with Crippen molar-refractivity contribution in [3.63, 3.8) is 0 Å². The van der Waals surface area contributed by atoms with Crippen LogP contribution in [0.4, 0.5) is 5.69 Å². The molecule has 2 aromatic carbocycles. The van der Waals surface area contributed by atoms with Gasteiger partial charge in [-0.15, -0.1) is 11.8 Å². The molecule has 0 aromatic heterocycles. The van der Waals surface area contributed by atoms with Gasteiger partial charge in [0.1, 0.15) is 5.75 Å². The first-order valence-electron chi connectivity index (χ1n) is 8.14. The van der Waals surface area contributed by atoms with Crippen LogP contribution in [-0.4, -0.2) is 24.2 Å². The number of aryl methyl sites for hydroxylation is 1. The quantitative estimate of drug-likeness (QED) is 0.498. The molecule has 26 heavy (non-hydrogen) atoms. The number of nitrogens with two attached hydrogens (primary N) is 1. The highest BCUT2D eigenvalue weighted by molar-refractivity contribution is 8.00. The average molecular weight is 393 g/mol. The van der Waals surface area contributed by atoms with E-state index >= 15 is 0 Å². The van der Waals surface area contributed by atoms with Crippen LogP contribution in [0.15, 0.2) is 47.4 Å². The largest absolute Gasteiger partial charge is 0.494 e. The van der Waals surface area contributed by atoms with E-state index in [4.69, 9.17) is 22.1 Å². The monoisotopic (exact) mass is 392 g/mol. The van der Waals surface area contributed by atoms with Crippen molar-refractivity contribution in [3.05, 3.63) is 53.1 Å². The summed E-state index contributed by atoms with van der Waals surface area (Å²) in [5, 5.41) is 3.56. The first-order chi connectivity index (χ1) is 12.5. The van der Waals surface area contributed by atoms with Crippen molar-refractivity contribution in [2.24, 2.45) is 5.73 Å². The molecule has 2 amide bonds. The topological polar surface area (TPSA) is 81.4 Å². The van der Waals surface area contributed by atoms with Crippen molar-refractivity contribution in [3.8, 4) is 5.75 Å². The number of benzene rings is 2. The van der Waals surface area contributed by atoms with E-state index in [1.807, 2.05) is 37.3 Å². The molecule has 0 aliphatic rings. The van der Waals surface area contributed by atoms with Gasteiger partial charge in [-0.05, 0) is 49.2 Å². The molecular formula is C19H21ClN2O3S. The molecule has 0 atom stereocenters. The Kier molecular flexibility index (Phi) is 7.81. The number of thioether (sulfide) groups is 1. The first kappa shape index (κ1) is 20.1. The van der Waals surface area contributed by atoms with Crippen LogP contribution in [0.2, 0.25) is 5.02 Å². The van der Waals surface area contributed by atoms with E-state index in [-0.39, 0.29) is 11.7 Å². The number of hydrogen-bond acceptors (Lipinski definition) is 4. The summed E-state index contributed by atoms with van der Waals surface area (Å²) in [6.45, 7) is 2.35. The van der Waals surface area contributed by atoms with Gasteiger partial charge < -0.3 is 15.8 Å². The second kappa shape index (κ2) is 10.1. The molecule has 0 saturated carbocycles. The maximum atomic E-state index is 12.1. The van der Waals surface area contributed by atoms with Gasteiger partial charge >= 0.3 is 0 Å². The lowest BCUT2D eigenvalue weighted by Gasteiger charge is -2.11. The maximum absolute atomic E-state index is 12.1. The summed E-state index contributed by atoms with van der Waals surface area (Å²) in [6.07, 6.45) is 0.922. The summed E-state index contributed by atoms with van der Waals surface area (Å²) >= 11 is 7.28. The molecule has 7 heteroatoms. The van der Waals surface area contributed by atoms with Gasteiger partial charge in [0, 0.05) is 16.3 Å². The van der Waals surface area contributed by atoms with E-state index in [1.54, 1.807) is 12.1 Å². The Morgan fingerprint density at radius 1 is 1.23 bits per heavy atom. The molecule has 5 nitrogen and oxygen atoms in total. The van der Waals surface area contributed by atoms with Gasteiger partial charge in [0.25, 0.3) is 0 Å². The molecule has 2 aromatic rings. The van der Waals surface area contributed by atoms with E-state index in [0.29, 0.717) is 30.2 Å². The Bertz CT molecular complexity index is 783. The summed E-state index contributed by atoms with van der Waals surface area (Å²) < 4.78 is 5.64. The summed E-state index contributed by atoms with van der Waals surface area (Å²) in [5.41, 5.74) is 6.80. The summed E-state index contributed by atoms with van der Waals surface area (Å²) in [4.78, 5) is 23.9. The van der Waals surface area contributed by atoms with E-state index < -0.39 is 5.91 Å². The Balaban J connectivity index is 1.78. The van der Waals surface area contributed by atoms with Crippen LogP contribution in [0.3, 0.4) is 0 Å². The lowest BCUT2D eigenvalue weighted by atomic mass is 10.2. The van der Waals surface area contributed by atoms with Crippen molar-refractivity contribution in [1.29, 1.82) is 0 Å². The fraction of sp³-hybridized carbons (Fsp3) is 0.263. The minimum absolute atomic E-state index is 0.104. The molecule has 0 fully saturated rings. The Hall–Kier alpha value is -2.18. The Morgan fingerprint density at radius 2 is 2.00 bits per heavy atom. The number of ether oxygens (including phenoxy) is 1. The summed E-state index contributed by atoms with van der Waals surface area (Å²) in [5.74, 6) is 0.403. The Morgan fingerprint density at radius 3 is 2.73 bits per heavy atom. The third kappa shape index (κ3) is 6.61. The van der Waals surface area contributed by atoms with Crippen molar-refractivity contribution in [1.82, 2.24) is 0 Å². The molecule has 3 N–H and O–H groups in total. The number of hydrogen-bond donors (Lipinski definition) is 2. The molecule has 0 saturated heterocycles. The van der Waals surface area contributed by atoms with Crippen LogP contribution in [0.25, 0.3) is 0 Å². The van der Waals surface area contributed by atoms with Crippen molar-refractivity contribution in [2.75, 3.05) is 17.7 Å². The lowest BCUT2D eigenvalue weighted by molar-refractivity contribution is -0.116.